The van der Waals surface area contributed by atoms with Crippen LogP contribution in [0.1, 0.15) is 131 Å². The number of aromatic nitrogens is 10. The molecule has 0 spiro atoms. The van der Waals surface area contributed by atoms with Gasteiger partial charge in [-0.2, -0.15) is 0 Å². The number of fused-ring (bicyclic) bond motifs is 8. The Balaban J connectivity index is 0.841. The van der Waals surface area contributed by atoms with Crippen LogP contribution >= 0.6 is 0 Å². The highest BCUT2D eigenvalue weighted by molar-refractivity contribution is 6.00. The fourth-order valence-corrected chi connectivity index (χ4v) is 12.4. The van der Waals surface area contributed by atoms with Gasteiger partial charge in [-0.25, -0.2) is 19.6 Å². The molecular formula is C83H78N10O9. The van der Waals surface area contributed by atoms with Gasteiger partial charge in [-0.15, -0.1) is 0 Å². The van der Waals surface area contributed by atoms with Crippen molar-refractivity contribution in [2.75, 3.05) is 33.0 Å². The van der Waals surface area contributed by atoms with Crippen LogP contribution in [0.15, 0.2) is 195 Å². The Kier molecular flexibility index (Phi) is 22.9. The maximum atomic E-state index is 13.6. The predicted molar refractivity (Wildman–Crippen MR) is 395 cm³/mol. The second kappa shape index (κ2) is 34.1. The van der Waals surface area contributed by atoms with Crippen LogP contribution in [0.4, 0.5) is 0 Å². The van der Waals surface area contributed by atoms with Gasteiger partial charge < -0.3 is 43.9 Å². The minimum atomic E-state index is -0.768. The van der Waals surface area contributed by atoms with E-state index in [0.717, 1.165) is 201 Å². The normalized spacial score (nSPS) is 11.6. The van der Waals surface area contributed by atoms with E-state index in [-0.39, 0.29) is 30.3 Å². The van der Waals surface area contributed by atoms with E-state index in [1.165, 1.54) is 12.1 Å². The molecule has 0 radical (unpaired) electrons. The van der Waals surface area contributed by atoms with E-state index in [0.29, 0.717) is 43.9 Å². The van der Waals surface area contributed by atoms with Gasteiger partial charge in [0.1, 0.15) is 34.3 Å². The number of benzene rings is 5. The minimum Gasteiger partial charge on any atom is -0.508 e. The number of phenolic OH excluding ortho intramolecular Hbond substituents is 2. The van der Waals surface area contributed by atoms with Crippen molar-refractivity contribution in [2.24, 2.45) is 0 Å². The van der Waals surface area contributed by atoms with Crippen LogP contribution in [0.5, 0.6) is 28.7 Å². The van der Waals surface area contributed by atoms with Crippen molar-refractivity contribution in [3.63, 3.8) is 0 Å². The van der Waals surface area contributed by atoms with Gasteiger partial charge in [0.2, 0.25) is 0 Å². The SMILES string of the molecule is O=C(OCCCCOC(=O)c1cc(O)ccc1O)c1ccc(-c2c3nc(c(-c4ccc(OCCCCCc5cnccn5)cc4)c4ccc([nH]4)c(-c4ccc(OCCCCCc5cnccn5)cc4)c4nc(c(-c5ccc(OCCCCCc6cnccn6)cc5)c5ccc2[nH]5)C=C4)C=C3)cc1. The molecule has 0 amide bonds. The smallest absolute Gasteiger partial charge is 0.342 e. The first-order valence-electron chi connectivity index (χ1n) is 34.8. The summed E-state index contributed by atoms with van der Waals surface area (Å²) in [5.41, 5.74) is 16.4. The summed E-state index contributed by atoms with van der Waals surface area (Å²) in [6.45, 7) is 1.84. The number of rotatable bonds is 32. The van der Waals surface area contributed by atoms with E-state index in [1.54, 1.807) is 49.3 Å². The molecule has 514 valence electrons. The number of carbonyl (C=O) groups excluding carboxylic acids is 2. The fourth-order valence-electron chi connectivity index (χ4n) is 12.4. The highest BCUT2D eigenvalue weighted by atomic mass is 16.5. The molecule has 13 rings (SSSR count). The summed E-state index contributed by atoms with van der Waals surface area (Å²) in [6.07, 6.45) is 36.1. The van der Waals surface area contributed by atoms with Crippen molar-refractivity contribution in [2.45, 2.75) is 89.9 Å². The zero-order valence-corrected chi connectivity index (χ0v) is 56.5. The van der Waals surface area contributed by atoms with E-state index < -0.39 is 11.9 Å². The number of ether oxygens (including phenoxy) is 5. The number of esters is 2. The largest absolute Gasteiger partial charge is 0.508 e. The molecule has 8 bridgehead atoms. The second-order valence-electron chi connectivity index (χ2n) is 24.9. The van der Waals surface area contributed by atoms with Gasteiger partial charge in [0, 0.05) is 100 Å². The predicted octanol–water partition coefficient (Wildman–Crippen LogP) is 17.3. The number of H-pyrrole nitrogens is 2. The summed E-state index contributed by atoms with van der Waals surface area (Å²) < 4.78 is 30.0. The topological polar surface area (TPSA) is 255 Å². The molecule has 0 atom stereocenters. The third kappa shape index (κ3) is 17.8. The average Bonchev–Trinajstić information content (AvgIpc) is 1.61. The Labute approximate surface area is 591 Å². The molecule has 0 aliphatic carbocycles. The molecule has 2 aliphatic rings. The van der Waals surface area contributed by atoms with Crippen molar-refractivity contribution in [3.05, 3.63) is 246 Å². The number of aryl methyl sites for hydroxylation is 3. The lowest BCUT2D eigenvalue weighted by Gasteiger charge is -2.10. The molecule has 11 aromatic rings. The maximum absolute atomic E-state index is 13.6. The third-order valence-electron chi connectivity index (χ3n) is 17.7. The molecule has 0 unspecified atom stereocenters. The summed E-state index contributed by atoms with van der Waals surface area (Å²) in [5.74, 6) is 0.563. The van der Waals surface area contributed by atoms with Gasteiger partial charge in [0.25, 0.3) is 0 Å². The van der Waals surface area contributed by atoms with Gasteiger partial charge in [-0.1, -0.05) is 48.5 Å². The standard InChI is InChI=1S/C83H78N10O9/c94-64-25-40-77(95)68(52-64)83(97)102-51-11-10-50-101-82(96)60-17-15-56(16-18-60)78-69-32-34-71(90-69)79(57-19-26-65(27-20-57)98-47-7-1-4-12-61-53-84-41-44-87-61)73-36-38-75(92-73)81(59-23-30-67(31-24-59)100-49-9-3-6-14-63-55-86-43-46-89-63)76-39-37-74(93-76)80(72-35-33-70(78)91-72)58-21-28-66(29-22-58)99-48-8-2-5-13-62-54-85-42-45-88-62/h15-46,52-55,90,93-95H,1-14,47-51H2. The van der Waals surface area contributed by atoms with E-state index in [1.807, 2.05) is 73.2 Å². The molecule has 0 saturated heterocycles. The number of phenols is 2. The molecule has 19 nitrogen and oxygen atoms in total. The minimum absolute atomic E-state index is 0.0237. The van der Waals surface area contributed by atoms with Gasteiger partial charge >= 0.3 is 11.9 Å². The van der Waals surface area contributed by atoms with Crippen LogP contribution < -0.4 is 14.2 Å². The Hall–Kier alpha value is -12.1. The fraction of sp³-hybridized carbons (Fsp3) is 0.229. The van der Waals surface area contributed by atoms with E-state index >= 15 is 0 Å². The molecule has 0 fully saturated rings. The number of aromatic hydroxyl groups is 2. The van der Waals surface area contributed by atoms with Crippen LogP contribution in [0, 0.1) is 0 Å². The van der Waals surface area contributed by atoms with Crippen molar-refractivity contribution < 1.29 is 43.5 Å². The molecule has 102 heavy (non-hydrogen) atoms. The highest BCUT2D eigenvalue weighted by Gasteiger charge is 2.21. The quantitative estimate of drug-likeness (QED) is 0.0174. The van der Waals surface area contributed by atoms with Gasteiger partial charge in [0.15, 0.2) is 0 Å². The van der Waals surface area contributed by atoms with Crippen molar-refractivity contribution in [1.29, 1.82) is 0 Å². The third-order valence-corrected chi connectivity index (χ3v) is 17.7. The summed E-state index contributed by atoms with van der Waals surface area (Å²) in [4.78, 5) is 70.9. The highest BCUT2D eigenvalue weighted by Crippen LogP contribution is 2.40. The summed E-state index contributed by atoms with van der Waals surface area (Å²) in [5, 5.41) is 19.9. The number of aromatic amines is 2. The average molecular weight is 1360 g/mol. The molecule has 4 N–H and O–H groups in total. The monoisotopic (exact) mass is 1360 g/mol. The van der Waals surface area contributed by atoms with Crippen molar-refractivity contribution in [1.82, 2.24) is 49.8 Å². The number of unbranched alkanes of at least 4 members (excludes halogenated alkanes) is 7. The van der Waals surface area contributed by atoms with E-state index in [9.17, 15) is 19.8 Å². The zero-order valence-electron chi connectivity index (χ0n) is 56.5. The van der Waals surface area contributed by atoms with Crippen LogP contribution in [-0.4, -0.2) is 105 Å². The number of hydrogen-bond donors (Lipinski definition) is 4. The van der Waals surface area contributed by atoms with Crippen LogP contribution in [0.2, 0.25) is 0 Å². The Morgan fingerprint density at radius 2 is 0.696 bits per heavy atom. The van der Waals surface area contributed by atoms with Gasteiger partial charge in [-0.3, -0.25) is 29.9 Å². The summed E-state index contributed by atoms with van der Waals surface area (Å²) >= 11 is 0. The maximum Gasteiger partial charge on any atom is 0.342 e. The van der Waals surface area contributed by atoms with Crippen LogP contribution in [0.3, 0.4) is 0 Å². The molecule has 2 aliphatic heterocycles. The van der Waals surface area contributed by atoms with Gasteiger partial charge in [-0.05, 0) is 227 Å². The Morgan fingerprint density at radius 3 is 1.05 bits per heavy atom. The zero-order chi connectivity index (χ0) is 69.7. The number of nitrogens with one attached hydrogen (secondary N) is 2. The molecule has 8 heterocycles. The first-order valence-corrected chi connectivity index (χ1v) is 34.8. The summed E-state index contributed by atoms with van der Waals surface area (Å²) in [6, 6.07) is 44.0. The molecule has 0 saturated carbocycles. The van der Waals surface area contributed by atoms with Crippen LogP contribution in [0.25, 0.3) is 90.9 Å². The molecule has 19 heteroatoms. The summed E-state index contributed by atoms with van der Waals surface area (Å²) in [7, 11) is 0. The van der Waals surface area contributed by atoms with Gasteiger partial charge in [0.05, 0.1) is 78.5 Å². The molecular weight excluding hydrogens is 1280 g/mol. The lowest BCUT2D eigenvalue weighted by molar-refractivity contribution is 0.0430. The van der Waals surface area contributed by atoms with Crippen LogP contribution in [-0.2, 0) is 28.7 Å². The lowest BCUT2D eigenvalue weighted by atomic mass is 10.0. The number of carbonyl (C=O) groups is 2. The molecule has 5 aromatic carbocycles. The van der Waals surface area contributed by atoms with Crippen molar-refractivity contribution in [3.8, 4) is 73.3 Å². The Bertz CT molecular complexity index is 4780. The molecule has 6 aromatic heterocycles. The second-order valence-corrected chi connectivity index (χ2v) is 24.9. The van der Waals surface area contributed by atoms with E-state index in [4.69, 9.17) is 33.7 Å². The first-order chi connectivity index (χ1) is 50.2. The Morgan fingerprint density at radius 1 is 0.353 bits per heavy atom. The first kappa shape index (κ1) is 68.4. The number of nitrogens with zero attached hydrogens (tertiary/aromatic N) is 8. The van der Waals surface area contributed by atoms with Crippen molar-refractivity contribution >= 4 is 58.3 Å². The van der Waals surface area contributed by atoms with E-state index in [2.05, 4.69) is 119 Å². The number of hydrogen-bond acceptors (Lipinski definition) is 17. The lowest BCUT2D eigenvalue weighted by Crippen LogP contribution is -2.09.